The van der Waals surface area contributed by atoms with Crippen LogP contribution in [0.25, 0.3) is 0 Å². The normalized spacial score (nSPS) is 10.0. The van der Waals surface area contributed by atoms with Gasteiger partial charge in [-0.3, -0.25) is 0 Å². The van der Waals surface area contributed by atoms with E-state index in [1.54, 1.807) is 18.2 Å². The lowest BCUT2D eigenvalue weighted by Crippen LogP contribution is -2.04. The van der Waals surface area contributed by atoms with Crippen LogP contribution in [-0.2, 0) is 6.54 Å². The van der Waals surface area contributed by atoms with Gasteiger partial charge in [0.1, 0.15) is 11.9 Å². The van der Waals surface area contributed by atoms with Crippen LogP contribution in [0.2, 0.25) is 5.02 Å². The van der Waals surface area contributed by atoms with Crippen LogP contribution in [-0.4, -0.2) is 0 Å². The van der Waals surface area contributed by atoms with Gasteiger partial charge in [0, 0.05) is 17.1 Å². The smallest absolute Gasteiger partial charge is 0.129 e. The SMILES string of the molecule is Cc1cccc(NCc2ccc(Cl)cc2F)c1C#N. The minimum absolute atomic E-state index is 0.307. The van der Waals surface area contributed by atoms with Crippen molar-refractivity contribution in [1.82, 2.24) is 0 Å². The molecule has 2 rings (SSSR count). The van der Waals surface area contributed by atoms with Crippen LogP contribution in [0, 0.1) is 24.1 Å². The van der Waals surface area contributed by atoms with Crippen molar-refractivity contribution in [2.75, 3.05) is 5.32 Å². The summed E-state index contributed by atoms with van der Waals surface area (Å²) < 4.78 is 13.6. The topological polar surface area (TPSA) is 35.8 Å². The molecule has 2 aromatic rings. The maximum absolute atomic E-state index is 13.6. The van der Waals surface area contributed by atoms with Crippen molar-refractivity contribution in [1.29, 1.82) is 5.26 Å². The second-order valence-corrected chi connectivity index (χ2v) is 4.63. The molecule has 0 aromatic heterocycles. The Morgan fingerprint density at radius 3 is 2.79 bits per heavy atom. The molecule has 0 radical (unpaired) electrons. The molecule has 19 heavy (non-hydrogen) atoms. The number of benzene rings is 2. The highest BCUT2D eigenvalue weighted by Crippen LogP contribution is 2.20. The van der Waals surface area contributed by atoms with E-state index < -0.39 is 0 Å². The summed E-state index contributed by atoms with van der Waals surface area (Å²) >= 11 is 5.70. The summed E-state index contributed by atoms with van der Waals surface area (Å²) in [5.41, 5.74) is 2.69. The molecule has 0 atom stereocenters. The fourth-order valence-corrected chi connectivity index (χ4v) is 1.98. The van der Waals surface area contributed by atoms with Gasteiger partial charge >= 0.3 is 0 Å². The monoisotopic (exact) mass is 274 g/mol. The van der Waals surface area contributed by atoms with Crippen molar-refractivity contribution in [3.63, 3.8) is 0 Å². The first kappa shape index (κ1) is 13.4. The Morgan fingerprint density at radius 1 is 1.32 bits per heavy atom. The standard InChI is InChI=1S/C15H12ClFN2/c1-10-3-2-4-15(13(10)8-18)19-9-11-5-6-12(16)7-14(11)17/h2-7,19H,9H2,1H3. The number of hydrogen-bond acceptors (Lipinski definition) is 2. The zero-order valence-corrected chi connectivity index (χ0v) is 11.1. The molecule has 0 aliphatic rings. The van der Waals surface area contributed by atoms with E-state index >= 15 is 0 Å². The molecule has 0 amide bonds. The molecule has 0 fully saturated rings. The molecular weight excluding hydrogens is 263 g/mol. The minimum Gasteiger partial charge on any atom is -0.380 e. The van der Waals surface area contributed by atoms with E-state index in [1.165, 1.54) is 6.07 Å². The molecule has 0 saturated carbocycles. The fraction of sp³-hybridized carbons (Fsp3) is 0.133. The Labute approximate surface area is 116 Å². The van der Waals surface area contributed by atoms with Crippen LogP contribution in [0.15, 0.2) is 36.4 Å². The van der Waals surface area contributed by atoms with Crippen molar-refractivity contribution < 1.29 is 4.39 Å². The average Bonchev–Trinajstić information content (AvgIpc) is 2.38. The number of hydrogen-bond donors (Lipinski definition) is 1. The van der Waals surface area contributed by atoms with Gasteiger partial charge in [-0.2, -0.15) is 5.26 Å². The van der Waals surface area contributed by atoms with Crippen molar-refractivity contribution in [2.45, 2.75) is 13.5 Å². The molecule has 96 valence electrons. The molecule has 4 heteroatoms. The van der Waals surface area contributed by atoms with Crippen molar-refractivity contribution >= 4 is 17.3 Å². The summed E-state index contributed by atoms with van der Waals surface area (Å²) in [6.45, 7) is 2.17. The number of nitrogens with zero attached hydrogens (tertiary/aromatic N) is 1. The van der Waals surface area contributed by atoms with E-state index in [2.05, 4.69) is 11.4 Å². The van der Waals surface area contributed by atoms with Crippen LogP contribution in [0.5, 0.6) is 0 Å². The van der Waals surface area contributed by atoms with Crippen LogP contribution in [0.3, 0.4) is 0 Å². The fourth-order valence-electron chi connectivity index (χ4n) is 1.82. The highest BCUT2D eigenvalue weighted by molar-refractivity contribution is 6.30. The highest BCUT2D eigenvalue weighted by Gasteiger charge is 2.06. The first-order valence-corrected chi connectivity index (χ1v) is 6.17. The summed E-state index contributed by atoms with van der Waals surface area (Å²) in [6.07, 6.45) is 0. The number of aryl methyl sites for hydroxylation is 1. The molecule has 0 bridgehead atoms. The second-order valence-electron chi connectivity index (χ2n) is 4.20. The third-order valence-corrected chi connectivity index (χ3v) is 3.10. The van der Waals surface area contributed by atoms with E-state index in [-0.39, 0.29) is 5.82 Å². The zero-order valence-electron chi connectivity index (χ0n) is 10.4. The highest BCUT2D eigenvalue weighted by atomic mass is 35.5. The molecule has 0 unspecified atom stereocenters. The molecule has 1 N–H and O–H groups in total. The van der Waals surface area contributed by atoms with Gasteiger partial charge in [0.25, 0.3) is 0 Å². The number of nitriles is 1. The Kier molecular flexibility index (Phi) is 4.03. The van der Waals surface area contributed by atoms with Crippen LogP contribution >= 0.6 is 11.6 Å². The van der Waals surface area contributed by atoms with E-state index in [9.17, 15) is 4.39 Å². The maximum Gasteiger partial charge on any atom is 0.129 e. The van der Waals surface area contributed by atoms with Gasteiger partial charge in [-0.15, -0.1) is 0 Å². The first-order valence-electron chi connectivity index (χ1n) is 5.79. The summed E-state index contributed by atoms with van der Waals surface area (Å²) in [6, 6.07) is 12.2. The van der Waals surface area contributed by atoms with Crippen molar-refractivity contribution in [2.24, 2.45) is 0 Å². The Bertz CT molecular complexity index is 647. The number of halogens is 2. The maximum atomic E-state index is 13.6. The lowest BCUT2D eigenvalue weighted by atomic mass is 10.1. The first-order chi connectivity index (χ1) is 9.11. The third kappa shape index (κ3) is 3.04. The minimum atomic E-state index is -0.355. The molecule has 0 spiro atoms. The molecule has 0 aliphatic carbocycles. The van der Waals surface area contributed by atoms with Crippen LogP contribution < -0.4 is 5.32 Å². The molecular formula is C15H12ClFN2. The van der Waals surface area contributed by atoms with Gasteiger partial charge in [-0.25, -0.2) is 4.39 Å². The van der Waals surface area contributed by atoms with Crippen molar-refractivity contribution in [3.8, 4) is 6.07 Å². The van der Waals surface area contributed by atoms with E-state index in [4.69, 9.17) is 16.9 Å². The van der Waals surface area contributed by atoms with Gasteiger partial charge in [0.05, 0.1) is 11.3 Å². The zero-order chi connectivity index (χ0) is 13.8. The third-order valence-electron chi connectivity index (χ3n) is 2.87. The van der Waals surface area contributed by atoms with E-state index in [0.29, 0.717) is 28.4 Å². The number of nitrogens with one attached hydrogen (secondary N) is 1. The van der Waals surface area contributed by atoms with Gasteiger partial charge in [0.15, 0.2) is 0 Å². The van der Waals surface area contributed by atoms with Crippen LogP contribution in [0.1, 0.15) is 16.7 Å². The summed E-state index contributed by atoms with van der Waals surface area (Å²) in [5.74, 6) is -0.355. The molecule has 0 aliphatic heterocycles. The summed E-state index contributed by atoms with van der Waals surface area (Å²) in [7, 11) is 0. The quantitative estimate of drug-likeness (QED) is 0.907. The molecule has 2 aromatic carbocycles. The van der Waals surface area contributed by atoms with Gasteiger partial charge < -0.3 is 5.32 Å². The van der Waals surface area contributed by atoms with Gasteiger partial charge in [-0.05, 0) is 30.7 Å². The Hall–Kier alpha value is -2.05. The Balaban J connectivity index is 2.20. The lowest BCUT2D eigenvalue weighted by molar-refractivity contribution is 0.613. The van der Waals surface area contributed by atoms with Gasteiger partial charge in [-0.1, -0.05) is 29.8 Å². The largest absolute Gasteiger partial charge is 0.380 e. The van der Waals surface area contributed by atoms with E-state index in [1.807, 2.05) is 19.1 Å². The second kappa shape index (κ2) is 5.73. The number of rotatable bonds is 3. The summed E-state index contributed by atoms with van der Waals surface area (Å²) in [4.78, 5) is 0. The van der Waals surface area contributed by atoms with Crippen LogP contribution in [0.4, 0.5) is 10.1 Å². The molecule has 2 nitrogen and oxygen atoms in total. The predicted molar refractivity (Wildman–Crippen MR) is 74.6 cm³/mol. The lowest BCUT2D eigenvalue weighted by Gasteiger charge is -2.10. The van der Waals surface area contributed by atoms with Crippen molar-refractivity contribution in [3.05, 3.63) is 63.9 Å². The van der Waals surface area contributed by atoms with Gasteiger partial charge in [0.2, 0.25) is 0 Å². The predicted octanol–water partition coefficient (Wildman–Crippen LogP) is 4.27. The van der Waals surface area contributed by atoms with E-state index in [0.717, 1.165) is 5.56 Å². The number of anilines is 1. The average molecular weight is 275 g/mol. The molecule has 0 heterocycles. The molecule has 0 saturated heterocycles. The summed E-state index contributed by atoms with van der Waals surface area (Å²) in [5, 5.41) is 12.6. The Morgan fingerprint density at radius 2 is 2.11 bits per heavy atom.